The van der Waals surface area contributed by atoms with E-state index in [1.807, 2.05) is 0 Å². The van der Waals surface area contributed by atoms with Crippen LogP contribution in [0.5, 0.6) is 0 Å². The number of esters is 1. The van der Waals surface area contributed by atoms with Gasteiger partial charge in [-0.3, -0.25) is 14.5 Å². The van der Waals surface area contributed by atoms with E-state index in [-0.39, 0.29) is 23.0 Å². The van der Waals surface area contributed by atoms with E-state index in [4.69, 9.17) is 9.26 Å². The van der Waals surface area contributed by atoms with Crippen LogP contribution in [0.3, 0.4) is 0 Å². The van der Waals surface area contributed by atoms with Crippen LogP contribution in [0.15, 0.2) is 28.8 Å². The number of carbonyl (C=O) groups is 2. The molecular weight excluding hydrogens is 408 g/mol. The molecule has 1 aromatic heterocycles. The van der Waals surface area contributed by atoms with Crippen molar-refractivity contribution in [2.45, 2.75) is 44.2 Å². The molecule has 0 spiro atoms. The molecule has 0 bridgehead atoms. The molecule has 7 nitrogen and oxygen atoms in total. The molecule has 2 aliphatic rings. The number of aromatic nitrogens is 1. The average Bonchev–Trinajstić information content (AvgIpc) is 3.46. The molecule has 1 saturated carbocycles. The molecule has 1 aliphatic heterocycles. The fraction of sp³-hybridized carbons (Fsp3) is 0.500. The molecule has 31 heavy (non-hydrogen) atoms. The van der Waals surface area contributed by atoms with Gasteiger partial charge in [-0.05, 0) is 31.4 Å². The summed E-state index contributed by atoms with van der Waals surface area (Å²) in [7, 11) is 1.34. The van der Waals surface area contributed by atoms with E-state index < -0.39 is 29.5 Å². The highest BCUT2D eigenvalue weighted by molar-refractivity contribution is 5.93. The molecule has 2 atom stereocenters. The SMILES string of the molecule is COC(=O)[C@@H]1CN(C2CCCC2)CC[C@H]1NC(=O)c1cc(-c2ccc(F)cc2F)no1. The molecule has 0 unspecified atom stereocenters. The number of nitrogens with zero attached hydrogens (tertiary/aromatic N) is 2. The Morgan fingerprint density at radius 2 is 1.97 bits per heavy atom. The molecule has 2 aromatic rings. The number of carbonyl (C=O) groups excluding carboxylic acids is 2. The summed E-state index contributed by atoms with van der Waals surface area (Å²) in [5, 5.41) is 6.57. The van der Waals surface area contributed by atoms with Crippen molar-refractivity contribution in [3.8, 4) is 11.3 Å². The number of nitrogens with one attached hydrogen (secondary N) is 1. The van der Waals surface area contributed by atoms with Crippen LogP contribution in [-0.2, 0) is 9.53 Å². The van der Waals surface area contributed by atoms with Crippen molar-refractivity contribution in [3.05, 3.63) is 41.7 Å². The number of halogens is 2. The van der Waals surface area contributed by atoms with E-state index in [0.29, 0.717) is 19.0 Å². The quantitative estimate of drug-likeness (QED) is 0.730. The molecule has 1 saturated heterocycles. The van der Waals surface area contributed by atoms with Gasteiger partial charge in [0.1, 0.15) is 17.3 Å². The molecule has 0 radical (unpaired) electrons. The molecule has 1 aromatic carbocycles. The van der Waals surface area contributed by atoms with Crippen LogP contribution in [0, 0.1) is 17.6 Å². The summed E-state index contributed by atoms with van der Waals surface area (Å²) in [6, 6.07) is 4.44. The predicted octanol–water partition coefficient (Wildman–Crippen LogP) is 3.16. The van der Waals surface area contributed by atoms with Gasteiger partial charge in [0.05, 0.1) is 13.0 Å². The second-order valence-electron chi connectivity index (χ2n) is 8.13. The van der Waals surface area contributed by atoms with E-state index in [1.165, 1.54) is 32.1 Å². The maximum atomic E-state index is 14.0. The maximum Gasteiger partial charge on any atom is 0.312 e. The summed E-state index contributed by atoms with van der Waals surface area (Å²) in [5.74, 6) is -3.01. The lowest BCUT2D eigenvalue weighted by molar-refractivity contribution is -0.148. The van der Waals surface area contributed by atoms with Crippen LogP contribution in [-0.4, -0.2) is 54.2 Å². The second kappa shape index (κ2) is 9.13. The first kappa shape index (κ1) is 21.4. The molecule has 1 aliphatic carbocycles. The van der Waals surface area contributed by atoms with Crippen molar-refractivity contribution in [2.75, 3.05) is 20.2 Å². The van der Waals surface area contributed by atoms with Gasteiger partial charge in [-0.1, -0.05) is 18.0 Å². The summed E-state index contributed by atoms with van der Waals surface area (Å²) in [6.45, 7) is 1.32. The van der Waals surface area contributed by atoms with Crippen LogP contribution in [0.25, 0.3) is 11.3 Å². The minimum absolute atomic E-state index is 0.0292. The Labute approximate surface area is 178 Å². The first-order valence-electron chi connectivity index (χ1n) is 10.5. The molecule has 166 valence electrons. The van der Waals surface area contributed by atoms with Gasteiger partial charge in [-0.2, -0.15) is 0 Å². The number of methoxy groups -OCH3 is 1. The predicted molar refractivity (Wildman–Crippen MR) is 107 cm³/mol. The van der Waals surface area contributed by atoms with Gasteiger partial charge >= 0.3 is 5.97 Å². The van der Waals surface area contributed by atoms with E-state index >= 15 is 0 Å². The third kappa shape index (κ3) is 4.61. The van der Waals surface area contributed by atoms with Crippen LogP contribution < -0.4 is 5.32 Å². The highest BCUT2D eigenvalue weighted by Crippen LogP contribution is 2.29. The summed E-state index contributed by atoms with van der Waals surface area (Å²) in [6.07, 6.45) is 5.27. The summed E-state index contributed by atoms with van der Waals surface area (Å²) < 4.78 is 37.2. The number of rotatable bonds is 5. The zero-order valence-electron chi connectivity index (χ0n) is 17.3. The fourth-order valence-electron chi connectivity index (χ4n) is 4.59. The molecule has 1 N–H and O–H groups in total. The maximum absolute atomic E-state index is 14.0. The lowest BCUT2D eigenvalue weighted by Gasteiger charge is -2.40. The Hall–Kier alpha value is -2.81. The Kier molecular flexibility index (Phi) is 6.31. The van der Waals surface area contributed by atoms with E-state index in [9.17, 15) is 18.4 Å². The number of hydrogen-bond donors (Lipinski definition) is 1. The number of ether oxygens (including phenoxy) is 1. The number of amides is 1. The van der Waals surface area contributed by atoms with Crippen LogP contribution in [0.4, 0.5) is 8.78 Å². The van der Waals surface area contributed by atoms with Crippen molar-refractivity contribution in [3.63, 3.8) is 0 Å². The first-order chi connectivity index (χ1) is 15.0. The molecule has 9 heteroatoms. The largest absolute Gasteiger partial charge is 0.469 e. The Morgan fingerprint density at radius 3 is 2.68 bits per heavy atom. The lowest BCUT2D eigenvalue weighted by atomic mass is 9.90. The van der Waals surface area contributed by atoms with Crippen LogP contribution in [0.2, 0.25) is 0 Å². The van der Waals surface area contributed by atoms with Gasteiger partial charge in [0, 0.05) is 42.9 Å². The van der Waals surface area contributed by atoms with Crippen molar-refractivity contribution >= 4 is 11.9 Å². The van der Waals surface area contributed by atoms with Crippen molar-refractivity contribution in [1.29, 1.82) is 0 Å². The highest BCUT2D eigenvalue weighted by atomic mass is 19.1. The molecular formula is C22H25F2N3O4. The topological polar surface area (TPSA) is 84.7 Å². The monoisotopic (exact) mass is 433 g/mol. The van der Waals surface area contributed by atoms with Crippen molar-refractivity contribution in [1.82, 2.24) is 15.4 Å². The Balaban J connectivity index is 1.45. The normalized spacial score (nSPS) is 22.4. The third-order valence-corrected chi connectivity index (χ3v) is 6.25. The molecule has 2 heterocycles. The van der Waals surface area contributed by atoms with Crippen molar-refractivity contribution < 1.29 is 27.6 Å². The van der Waals surface area contributed by atoms with E-state index in [1.54, 1.807) is 0 Å². The third-order valence-electron chi connectivity index (χ3n) is 6.25. The Morgan fingerprint density at radius 1 is 1.19 bits per heavy atom. The van der Waals surface area contributed by atoms with Crippen molar-refractivity contribution in [2.24, 2.45) is 5.92 Å². The molecule has 1 amide bonds. The number of hydrogen-bond acceptors (Lipinski definition) is 6. The van der Waals surface area contributed by atoms with Gasteiger partial charge < -0.3 is 14.6 Å². The van der Waals surface area contributed by atoms with Crippen LogP contribution >= 0.6 is 0 Å². The number of likely N-dealkylation sites (tertiary alicyclic amines) is 1. The van der Waals surface area contributed by atoms with Gasteiger partial charge in [0.2, 0.25) is 5.76 Å². The zero-order chi connectivity index (χ0) is 22.0. The van der Waals surface area contributed by atoms with Gasteiger partial charge in [0.25, 0.3) is 5.91 Å². The summed E-state index contributed by atoms with van der Waals surface area (Å²) in [4.78, 5) is 27.4. The van der Waals surface area contributed by atoms with E-state index in [2.05, 4.69) is 15.4 Å². The summed E-state index contributed by atoms with van der Waals surface area (Å²) in [5.41, 5.74) is 0.115. The number of benzene rings is 1. The Bertz CT molecular complexity index is 958. The smallest absolute Gasteiger partial charge is 0.312 e. The second-order valence-corrected chi connectivity index (χ2v) is 8.13. The van der Waals surface area contributed by atoms with Crippen LogP contribution in [0.1, 0.15) is 42.7 Å². The van der Waals surface area contributed by atoms with Gasteiger partial charge in [-0.25, -0.2) is 8.78 Å². The van der Waals surface area contributed by atoms with Gasteiger partial charge in [0.15, 0.2) is 0 Å². The standard InChI is InChI=1S/C22H25F2N3O4/c1-30-22(29)16-12-27(14-4-2-3-5-14)9-8-18(16)25-21(28)20-11-19(26-31-20)15-7-6-13(23)10-17(15)24/h6-7,10-11,14,16,18H,2-5,8-9,12H2,1H3,(H,25,28)/t16-,18-/m1/s1. The minimum Gasteiger partial charge on any atom is -0.469 e. The molecule has 4 rings (SSSR count). The lowest BCUT2D eigenvalue weighted by Crippen LogP contribution is -2.55. The summed E-state index contributed by atoms with van der Waals surface area (Å²) >= 11 is 0. The molecule has 2 fully saturated rings. The highest BCUT2D eigenvalue weighted by Gasteiger charge is 2.39. The van der Waals surface area contributed by atoms with Gasteiger partial charge in [-0.15, -0.1) is 0 Å². The minimum atomic E-state index is -0.801. The average molecular weight is 433 g/mol. The first-order valence-corrected chi connectivity index (χ1v) is 10.5. The number of piperidine rings is 1. The fourth-order valence-corrected chi connectivity index (χ4v) is 4.59. The zero-order valence-corrected chi connectivity index (χ0v) is 17.3. The van der Waals surface area contributed by atoms with E-state index in [0.717, 1.165) is 31.5 Å².